The maximum absolute atomic E-state index is 4.13. The molecule has 124 valence electrons. The standard InChI is InChI=1S/C22H21N3/c1-23-16-18-8-6-12-21(14-18)25(20-10-4-3-5-11-20)22-13-7-9-19(15-22)17-24-2/h3-17H,1-2H3. The Hall–Kier alpha value is -3.20. The summed E-state index contributed by atoms with van der Waals surface area (Å²) in [7, 11) is 3.57. The van der Waals surface area contributed by atoms with Crippen LogP contribution in [0.5, 0.6) is 0 Å². The van der Waals surface area contributed by atoms with Crippen LogP contribution in [0.15, 0.2) is 88.8 Å². The first-order valence-electron chi connectivity index (χ1n) is 8.21. The molecule has 0 aliphatic rings. The Morgan fingerprint density at radius 2 is 1.08 bits per heavy atom. The Bertz CT molecular complexity index is 827. The number of benzene rings is 3. The maximum Gasteiger partial charge on any atom is 0.0468 e. The second-order valence-electron chi connectivity index (χ2n) is 5.64. The van der Waals surface area contributed by atoms with Gasteiger partial charge in [0.1, 0.15) is 0 Å². The molecule has 3 nitrogen and oxygen atoms in total. The van der Waals surface area contributed by atoms with E-state index in [4.69, 9.17) is 0 Å². The molecule has 3 aromatic carbocycles. The average Bonchev–Trinajstić information content (AvgIpc) is 2.64. The summed E-state index contributed by atoms with van der Waals surface area (Å²) in [6.07, 6.45) is 3.74. The topological polar surface area (TPSA) is 28.0 Å². The molecule has 0 radical (unpaired) electrons. The summed E-state index contributed by atoms with van der Waals surface area (Å²) in [6.45, 7) is 0. The molecule has 0 spiro atoms. The van der Waals surface area contributed by atoms with Crippen molar-refractivity contribution in [3.05, 3.63) is 90.0 Å². The lowest BCUT2D eigenvalue weighted by molar-refractivity contribution is 1.28. The number of anilines is 3. The van der Waals surface area contributed by atoms with Gasteiger partial charge in [-0.1, -0.05) is 42.5 Å². The number of nitrogens with zero attached hydrogens (tertiary/aromatic N) is 3. The van der Waals surface area contributed by atoms with Crippen molar-refractivity contribution in [2.75, 3.05) is 19.0 Å². The fraction of sp³-hybridized carbons (Fsp3) is 0.0909. The molecule has 0 unspecified atom stereocenters. The van der Waals surface area contributed by atoms with Crippen LogP contribution in [0.2, 0.25) is 0 Å². The molecule has 0 saturated carbocycles. The number of hydrogen-bond donors (Lipinski definition) is 0. The van der Waals surface area contributed by atoms with E-state index in [1.54, 1.807) is 14.1 Å². The predicted octanol–water partition coefficient (Wildman–Crippen LogP) is 5.25. The zero-order valence-corrected chi connectivity index (χ0v) is 14.5. The van der Waals surface area contributed by atoms with Gasteiger partial charge in [0.05, 0.1) is 0 Å². The van der Waals surface area contributed by atoms with Crippen LogP contribution in [-0.4, -0.2) is 26.5 Å². The number of aliphatic imine (C=N–C) groups is 2. The molecule has 0 aliphatic carbocycles. The molecule has 0 saturated heterocycles. The van der Waals surface area contributed by atoms with Crippen LogP contribution in [0.3, 0.4) is 0 Å². The van der Waals surface area contributed by atoms with E-state index in [0.717, 1.165) is 28.2 Å². The lowest BCUT2D eigenvalue weighted by atomic mass is 10.1. The zero-order chi connectivity index (χ0) is 17.5. The van der Waals surface area contributed by atoms with Crippen molar-refractivity contribution in [3.63, 3.8) is 0 Å². The van der Waals surface area contributed by atoms with Crippen LogP contribution in [0, 0.1) is 0 Å². The van der Waals surface area contributed by atoms with Gasteiger partial charge in [0.2, 0.25) is 0 Å². The van der Waals surface area contributed by atoms with E-state index in [1.807, 2.05) is 18.5 Å². The van der Waals surface area contributed by atoms with Gasteiger partial charge in [-0.05, 0) is 47.5 Å². The van der Waals surface area contributed by atoms with Gasteiger partial charge in [0, 0.05) is 43.6 Å². The molecule has 3 aromatic rings. The van der Waals surface area contributed by atoms with E-state index in [-0.39, 0.29) is 0 Å². The van der Waals surface area contributed by atoms with E-state index in [0.29, 0.717) is 0 Å². The van der Waals surface area contributed by atoms with Crippen molar-refractivity contribution in [1.82, 2.24) is 0 Å². The molecule has 0 aromatic heterocycles. The summed E-state index contributed by atoms with van der Waals surface area (Å²) in [4.78, 5) is 10.5. The summed E-state index contributed by atoms with van der Waals surface area (Å²) in [5.74, 6) is 0. The van der Waals surface area contributed by atoms with Crippen molar-refractivity contribution >= 4 is 29.5 Å². The third kappa shape index (κ3) is 4.01. The highest BCUT2D eigenvalue weighted by molar-refractivity contribution is 5.86. The molecule has 25 heavy (non-hydrogen) atoms. The molecule has 0 fully saturated rings. The van der Waals surface area contributed by atoms with Gasteiger partial charge >= 0.3 is 0 Å². The molecule has 0 atom stereocenters. The maximum atomic E-state index is 4.13. The minimum Gasteiger partial charge on any atom is -0.310 e. The predicted molar refractivity (Wildman–Crippen MR) is 108 cm³/mol. The normalized spacial score (nSPS) is 11.3. The summed E-state index contributed by atoms with van der Waals surface area (Å²) in [6, 6.07) is 27.1. The van der Waals surface area contributed by atoms with Crippen LogP contribution >= 0.6 is 0 Å². The largest absolute Gasteiger partial charge is 0.310 e. The van der Waals surface area contributed by atoms with Crippen LogP contribution in [0.4, 0.5) is 17.1 Å². The molecule has 0 aliphatic heterocycles. The highest BCUT2D eigenvalue weighted by Crippen LogP contribution is 2.34. The van der Waals surface area contributed by atoms with Gasteiger partial charge < -0.3 is 4.90 Å². The van der Waals surface area contributed by atoms with E-state index < -0.39 is 0 Å². The summed E-state index contributed by atoms with van der Waals surface area (Å²) >= 11 is 0. The van der Waals surface area contributed by atoms with Crippen LogP contribution < -0.4 is 4.90 Å². The Morgan fingerprint density at radius 1 is 0.600 bits per heavy atom. The van der Waals surface area contributed by atoms with Gasteiger partial charge in [-0.25, -0.2) is 0 Å². The number of para-hydroxylation sites is 1. The summed E-state index contributed by atoms with van der Waals surface area (Å²) in [5.41, 5.74) is 5.45. The lowest BCUT2D eigenvalue weighted by Gasteiger charge is -2.26. The zero-order valence-electron chi connectivity index (χ0n) is 14.5. The SMILES string of the molecule is CN=Cc1cccc(N(c2ccccc2)c2cccc(C=NC)c2)c1. The van der Waals surface area contributed by atoms with Crippen LogP contribution in [0.25, 0.3) is 0 Å². The first-order chi connectivity index (χ1) is 12.3. The fourth-order valence-corrected chi connectivity index (χ4v) is 2.81. The molecular formula is C22H21N3. The third-order valence-corrected chi connectivity index (χ3v) is 3.83. The molecule has 0 heterocycles. The molecule has 3 rings (SSSR count). The van der Waals surface area contributed by atoms with Crippen molar-refractivity contribution in [1.29, 1.82) is 0 Å². The van der Waals surface area contributed by atoms with E-state index in [2.05, 4.69) is 87.7 Å². The van der Waals surface area contributed by atoms with Gasteiger partial charge in [0.15, 0.2) is 0 Å². The van der Waals surface area contributed by atoms with Gasteiger partial charge in [-0.15, -0.1) is 0 Å². The Kier molecular flexibility index (Phi) is 5.37. The molecule has 0 N–H and O–H groups in total. The average molecular weight is 327 g/mol. The fourth-order valence-electron chi connectivity index (χ4n) is 2.81. The van der Waals surface area contributed by atoms with E-state index in [1.165, 1.54) is 0 Å². The Morgan fingerprint density at radius 3 is 1.56 bits per heavy atom. The van der Waals surface area contributed by atoms with Gasteiger partial charge in [-0.2, -0.15) is 0 Å². The first-order valence-corrected chi connectivity index (χ1v) is 8.21. The minimum atomic E-state index is 1.08. The quantitative estimate of drug-likeness (QED) is 0.588. The summed E-state index contributed by atoms with van der Waals surface area (Å²) < 4.78 is 0. The molecule has 0 amide bonds. The second kappa shape index (κ2) is 8.06. The third-order valence-electron chi connectivity index (χ3n) is 3.83. The van der Waals surface area contributed by atoms with Gasteiger partial charge in [0.25, 0.3) is 0 Å². The Balaban J connectivity index is 2.14. The van der Waals surface area contributed by atoms with Gasteiger partial charge in [-0.3, -0.25) is 9.98 Å². The van der Waals surface area contributed by atoms with E-state index in [9.17, 15) is 0 Å². The van der Waals surface area contributed by atoms with E-state index >= 15 is 0 Å². The summed E-state index contributed by atoms with van der Waals surface area (Å²) in [5, 5.41) is 0. The number of hydrogen-bond acceptors (Lipinski definition) is 3. The number of rotatable bonds is 5. The molecular weight excluding hydrogens is 306 g/mol. The molecule has 3 heteroatoms. The highest BCUT2D eigenvalue weighted by atomic mass is 15.1. The second-order valence-corrected chi connectivity index (χ2v) is 5.64. The van der Waals surface area contributed by atoms with Crippen molar-refractivity contribution in [3.8, 4) is 0 Å². The smallest absolute Gasteiger partial charge is 0.0468 e. The Labute approximate surface area is 149 Å². The minimum absolute atomic E-state index is 1.08. The van der Waals surface area contributed by atoms with Crippen molar-refractivity contribution in [2.45, 2.75) is 0 Å². The molecule has 0 bridgehead atoms. The monoisotopic (exact) mass is 327 g/mol. The highest BCUT2D eigenvalue weighted by Gasteiger charge is 2.12. The van der Waals surface area contributed by atoms with Crippen molar-refractivity contribution < 1.29 is 0 Å². The van der Waals surface area contributed by atoms with Crippen molar-refractivity contribution in [2.24, 2.45) is 9.98 Å². The van der Waals surface area contributed by atoms with Crippen LogP contribution in [-0.2, 0) is 0 Å². The lowest BCUT2D eigenvalue weighted by Crippen LogP contribution is -2.10. The van der Waals surface area contributed by atoms with Crippen LogP contribution in [0.1, 0.15) is 11.1 Å². The first kappa shape index (κ1) is 16.7.